The van der Waals surface area contributed by atoms with E-state index < -0.39 is 11.4 Å². The first-order valence-electron chi connectivity index (χ1n) is 6.55. The first-order valence-corrected chi connectivity index (χ1v) is 6.55. The first kappa shape index (κ1) is 16.1. The third-order valence-electron chi connectivity index (χ3n) is 3.52. The molecular formula is C13H21N3O4. The van der Waals surface area contributed by atoms with Gasteiger partial charge in [0.15, 0.2) is 5.82 Å². The minimum absolute atomic E-state index is 0.0527. The van der Waals surface area contributed by atoms with E-state index in [0.29, 0.717) is 24.7 Å². The average molecular weight is 283 g/mol. The average Bonchev–Trinajstić information content (AvgIpc) is 2.74. The molecule has 7 heteroatoms. The molecule has 7 nitrogen and oxygen atoms in total. The SMILES string of the molecule is Cc1noc(CCNC(=O)CC(C)(C(=O)O)C(C)C)n1. The highest BCUT2D eigenvalue weighted by Crippen LogP contribution is 2.31. The van der Waals surface area contributed by atoms with Crippen LogP contribution in [0.1, 0.15) is 38.9 Å². The molecule has 0 fully saturated rings. The summed E-state index contributed by atoms with van der Waals surface area (Å²) in [7, 11) is 0. The molecule has 20 heavy (non-hydrogen) atoms. The van der Waals surface area contributed by atoms with Crippen molar-refractivity contribution < 1.29 is 19.2 Å². The van der Waals surface area contributed by atoms with Gasteiger partial charge in [-0.1, -0.05) is 19.0 Å². The Kier molecular flexibility index (Phi) is 5.24. The largest absolute Gasteiger partial charge is 0.481 e. The lowest BCUT2D eigenvalue weighted by Crippen LogP contribution is -2.39. The van der Waals surface area contributed by atoms with Crippen LogP contribution in [-0.2, 0) is 16.0 Å². The maximum absolute atomic E-state index is 11.8. The summed E-state index contributed by atoms with van der Waals surface area (Å²) in [6, 6.07) is 0. The second-order valence-electron chi connectivity index (χ2n) is 5.39. The van der Waals surface area contributed by atoms with Gasteiger partial charge < -0.3 is 14.9 Å². The van der Waals surface area contributed by atoms with E-state index in [2.05, 4.69) is 15.5 Å². The molecule has 0 bridgehead atoms. The van der Waals surface area contributed by atoms with E-state index >= 15 is 0 Å². The van der Waals surface area contributed by atoms with Crippen LogP contribution in [0.2, 0.25) is 0 Å². The normalized spacial score (nSPS) is 14.1. The summed E-state index contributed by atoms with van der Waals surface area (Å²) in [6.07, 6.45) is 0.376. The second-order valence-corrected chi connectivity index (χ2v) is 5.39. The summed E-state index contributed by atoms with van der Waals surface area (Å²) in [6.45, 7) is 7.23. The lowest BCUT2D eigenvalue weighted by molar-refractivity contribution is -0.153. The Labute approximate surface area is 117 Å². The van der Waals surface area contributed by atoms with Crippen LogP contribution < -0.4 is 5.32 Å². The van der Waals surface area contributed by atoms with Crippen LogP contribution in [0.4, 0.5) is 0 Å². The quantitative estimate of drug-likeness (QED) is 0.778. The number of rotatable bonds is 7. The van der Waals surface area contributed by atoms with Crippen LogP contribution >= 0.6 is 0 Å². The monoisotopic (exact) mass is 283 g/mol. The van der Waals surface area contributed by atoms with Gasteiger partial charge in [0.2, 0.25) is 11.8 Å². The Balaban J connectivity index is 2.45. The van der Waals surface area contributed by atoms with Crippen molar-refractivity contribution in [1.82, 2.24) is 15.5 Å². The molecule has 112 valence electrons. The number of hydrogen-bond donors (Lipinski definition) is 2. The minimum atomic E-state index is -1.06. The zero-order valence-electron chi connectivity index (χ0n) is 12.3. The standard InChI is InChI=1S/C13H21N3O4/c1-8(2)13(4,12(18)19)7-10(17)14-6-5-11-15-9(3)16-20-11/h8H,5-7H2,1-4H3,(H,14,17)(H,18,19). The Morgan fingerprint density at radius 2 is 2.10 bits per heavy atom. The third kappa shape index (κ3) is 4.04. The van der Waals surface area contributed by atoms with Gasteiger partial charge in [-0.05, 0) is 19.8 Å². The molecule has 1 rings (SSSR count). The lowest BCUT2D eigenvalue weighted by Gasteiger charge is -2.28. The highest BCUT2D eigenvalue weighted by Gasteiger charge is 2.38. The molecule has 1 atom stereocenters. The van der Waals surface area contributed by atoms with Gasteiger partial charge in [-0.2, -0.15) is 4.98 Å². The fraction of sp³-hybridized carbons (Fsp3) is 0.692. The number of nitrogens with zero attached hydrogens (tertiary/aromatic N) is 2. The molecule has 0 saturated heterocycles. The highest BCUT2D eigenvalue weighted by atomic mass is 16.5. The minimum Gasteiger partial charge on any atom is -0.481 e. The predicted molar refractivity (Wildman–Crippen MR) is 70.9 cm³/mol. The molecule has 0 spiro atoms. The van der Waals surface area contributed by atoms with Crippen molar-refractivity contribution in [3.8, 4) is 0 Å². The third-order valence-corrected chi connectivity index (χ3v) is 3.52. The maximum Gasteiger partial charge on any atom is 0.310 e. The summed E-state index contributed by atoms with van der Waals surface area (Å²) in [4.78, 5) is 27.1. The Morgan fingerprint density at radius 3 is 2.55 bits per heavy atom. The van der Waals surface area contributed by atoms with Gasteiger partial charge in [-0.25, -0.2) is 0 Å². The summed E-state index contributed by atoms with van der Waals surface area (Å²) < 4.78 is 4.92. The molecule has 0 aliphatic heterocycles. The molecule has 0 radical (unpaired) electrons. The van der Waals surface area contributed by atoms with E-state index in [-0.39, 0.29) is 18.2 Å². The molecule has 0 saturated carbocycles. The molecule has 1 amide bonds. The van der Waals surface area contributed by atoms with Crippen molar-refractivity contribution in [2.75, 3.05) is 6.54 Å². The van der Waals surface area contributed by atoms with Crippen molar-refractivity contribution in [1.29, 1.82) is 0 Å². The van der Waals surface area contributed by atoms with Gasteiger partial charge in [-0.15, -0.1) is 0 Å². The number of hydrogen-bond acceptors (Lipinski definition) is 5. The Bertz CT molecular complexity index is 484. The molecule has 1 unspecified atom stereocenters. The number of carboxylic acids is 1. The number of nitrogens with one attached hydrogen (secondary N) is 1. The molecule has 2 N–H and O–H groups in total. The van der Waals surface area contributed by atoms with E-state index in [9.17, 15) is 14.7 Å². The zero-order valence-corrected chi connectivity index (χ0v) is 12.3. The molecular weight excluding hydrogens is 262 g/mol. The molecule has 1 aromatic heterocycles. The number of carbonyl (C=O) groups is 2. The van der Waals surface area contributed by atoms with E-state index in [4.69, 9.17) is 4.52 Å². The van der Waals surface area contributed by atoms with Gasteiger partial charge in [-0.3, -0.25) is 9.59 Å². The van der Waals surface area contributed by atoms with Crippen LogP contribution in [0.5, 0.6) is 0 Å². The Morgan fingerprint density at radius 1 is 1.45 bits per heavy atom. The Hall–Kier alpha value is -1.92. The predicted octanol–water partition coefficient (Wildman–Crippen LogP) is 1.17. The number of aromatic nitrogens is 2. The van der Waals surface area contributed by atoms with Crippen LogP contribution in [0.25, 0.3) is 0 Å². The number of carbonyl (C=O) groups excluding carboxylic acids is 1. The van der Waals surface area contributed by atoms with Gasteiger partial charge in [0.1, 0.15) is 0 Å². The van der Waals surface area contributed by atoms with Crippen molar-refractivity contribution in [2.24, 2.45) is 11.3 Å². The molecule has 1 aromatic rings. The lowest BCUT2D eigenvalue weighted by atomic mass is 9.76. The number of carboxylic acid groups (broad SMARTS) is 1. The number of amides is 1. The van der Waals surface area contributed by atoms with Crippen molar-refractivity contribution in [3.05, 3.63) is 11.7 Å². The van der Waals surface area contributed by atoms with Crippen LogP contribution in [0.3, 0.4) is 0 Å². The van der Waals surface area contributed by atoms with Crippen LogP contribution in [0.15, 0.2) is 4.52 Å². The topological polar surface area (TPSA) is 105 Å². The maximum atomic E-state index is 11.8. The van der Waals surface area contributed by atoms with Gasteiger partial charge in [0.25, 0.3) is 0 Å². The van der Waals surface area contributed by atoms with E-state index in [1.165, 1.54) is 0 Å². The number of aliphatic carboxylic acids is 1. The first-order chi connectivity index (χ1) is 9.25. The van der Waals surface area contributed by atoms with E-state index in [1.807, 2.05) is 0 Å². The summed E-state index contributed by atoms with van der Waals surface area (Å²) >= 11 is 0. The van der Waals surface area contributed by atoms with Gasteiger partial charge >= 0.3 is 5.97 Å². The van der Waals surface area contributed by atoms with E-state index in [1.54, 1.807) is 27.7 Å². The molecule has 1 heterocycles. The van der Waals surface area contributed by atoms with Gasteiger partial charge in [0, 0.05) is 19.4 Å². The van der Waals surface area contributed by atoms with Crippen LogP contribution in [0, 0.1) is 18.3 Å². The number of aryl methyl sites for hydroxylation is 1. The van der Waals surface area contributed by atoms with Crippen molar-refractivity contribution >= 4 is 11.9 Å². The van der Waals surface area contributed by atoms with E-state index in [0.717, 1.165) is 0 Å². The smallest absolute Gasteiger partial charge is 0.310 e. The summed E-state index contributed by atoms with van der Waals surface area (Å²) in [5, 5.41) is 15.6. The van der Waals surface area contributed by atoms with Crippen molar-refractivity contribution in [3.63, 3.8) is 0 Å². The highest BCUT2D eigenvalue weighted by molar-refractivity contribution is 5.84. The fourth-order valence-corrected chi connectivity index (χ4v) is 1.67. The fourth-order valence-electron chi connectivity index (χ4n) is 1.67. The zero-order chi connectivity index (χ0) is 15.3. The second kappa shape index (κ2) is 6.49. The van der Waals surface area contributed by atoms with Crippen LogP contribution in [-0.4, -0.2) is 33.7 Å². The summed E-state index contributed by atoms with van der Waals surface area (Å²) in [5.74, 6) is -0.392. The van der Waals surface area contributed by atoms with Gasteiger partial charge in [0.05, 0.1) is 5.41 Å². The molecule has 0 aromatic carbocycles. The van der Waals surface area contributed by atoms with Crippen molar-refractivity contribution in [2.45, 2.75) is 40.5 Å². The molecule has 0 aliphatic rings. The molecule has 0 aliphatic carbocycles. The summed E-state index contributed by atoms with van der Waals surface area (Å²) in [5.41, 5.74) is -1.06.